The molecule has 1 amide bonds. The van der Waals surface area contributed by atoms with Gasteiger partial charge in [-0.1, -0.05) is 48.5 Å². The number of alkyl carbamates (subject to hydrolysis) is 1. The summed E-state index contributed by atoms with van der Waals surface area (Å²) in [7, 11) is 0. The molecule has 29 heavy (non-hydrogen) atoms. The van der Waals surface area contributed by atoms with Crippen LogP contribution in [0.1, 0.15) is 29.9 Å². The number of benzene rings is 2. The second-order valence-corrected chi connectivity index (χ2v) is 6.91. The average Bonchev–Trinajstić information content (AvgIpc) is 3.07. The first-order valence-corrected chi connectivity index (χ1v) is 10.2. The van der Waals surface area contributed by atoms with Gasteiger partial charge in [-0.3, -0.25) is 0 Å². The van der Waals surface area contributed by atoms with E-state index in [1.165, 1.54) is 22.3 Å². The van der Waals surface area contributed by atoms with Crippen molar-refractivity contribution in [2.24, 2.45) is 0 Å². The van der Waals surface area contributed by atoms with Crippen molar-refractivity contribution in [3.05, 3.63) is 59.7 Å². The molecule has 0 radical (unpaired) electrons. The van der Waals surface area contributed by atoms with Crippen molar-refractivity contribution in [2.75, 3.05) is 46.2 Å². The van der Waals surface area contributed by atoms with Crippen LogP contribution in [-0.4, -0.2) is 57.4 Å². The molecule has 2 aromatic carbocycles. The summed E-state index contributed by atoms with van der Waals surface area (Å²) in [5.41, 5.74) is 4.84. The standard InChI is InChI=1S/C23H29NO5/c25-12-6-14-28-16-15-27-13-5-11-24-23(26)29-17-22-20-9-3-1-7-18(20)19-8-2-4-10-21(19)22/h1-4,7-10,22,25H,5-6,11-17H2,(H,24,26). The summed E-state index contributed by atoms with van der Waals surface area (Å²) < 4.78 is 16.2. The Hall–Kier alpha value is -2.41. The SMILES string of the molecule is O=C(NCCCOCCOCCCO)OCC1c2ccccc2-c2ccccc21. The number of nitrogens with one attached hydrogen (secondary N) is 1. The minimum atomic E-state index is -0.404. The molecule has 2 N–H and O–H groups in total. The largest absolute Gasteiger partial charge is 0.449 e. The van der Waals surface area contributed by atoms with Gasteiger partial charge >= 0.3 is 6.09 Å². The number of hydrogen-bond acceptors (Lipinski definition) is 5. The molecule has 6 heteroatoms. The van der Waals surface area contributed by atoms with Crippen molar-refractivity contribution in [1.82, 2.24) is 5.32 Å². The van der Waals surface area contributed by atoms with Crippen molar-refractivity contribution >= 4 is 6.09 Å². The molecule has 3 rings (SSSR count). The molecule has 0 saturated carbocycles. The first-order chi connectivity index (χ1) is 14.3. The van der Waals surface area contributed by atoms with Crippen LogP contribution in [-0.2, 0) is 14.2 Å². The summed E-state index contributed by atoms with van der Waals surface area (Å²) in [4.78, 5) is 12.0. The smallest absolute Gasteiger partial charge is 0.407 e. The third-order valence-corrected chi connectivity index (χ3v) is 4.90. The van der Waals surface area contributed by atoms with Crippen molar-refractivity contribution < 1.29 is 24.1 Å². The molecular weight excluding hydrogens is 370 g/mol. The number of carbonyl (C=O) groups is 1. The topological polar surface area (TPSA) is 77.0 Å². The maximum Gasteiger partial charge on any atom is 0.407 e. The van der Waals surface area contributed by atoms with Crippen LogP contribution in [0.2, 0.25) is 0 Å². The molecule has 1 aliphatic rings. The van der Waals surface area contributed by atoms with E-state index in [1.54, 1.807) is 0 Å². The second kappa shape index (κ2) is 11.6. The monoisotopic (exact) mass is 399 g/mol. The maximum atomic E-state index is 12.0. The van der Waals surface area contributed by atoms with Gasteiger partial charge in [0.25, 0.3) is 0 Å². The third kappa shape index (κ3) is 6.03. The van der Waals surface area contributed by atoms with Crippen LogP contribution in [0.5, 0.6) is 0 Å². The van der Waals surface area contributed by atoms with Gasteiger partial charge in [-0.15, -0.1) is 0 Å². The van der Waals surface area contributed by atoms with E-state index in [1.807, 2.05) is 24.3 Å². The highest BCUT2D eigenvalue weighted by molar-refractivity contribution is 5.79. The molecule has 0 fully saturated rings. The fourth-order valence-corrected chi connectivity index (χ4v) is 3.50. The van der Waals surface area contributed by atoms with E-state index in [9.17, 15) is 4.79 Å². The van der Waals surface area contributed by atoms with Crippen molar-refractivity contribution in [3.8, 4) is 11.1 Å². The van der Waals surface area contributed by atoms with Crippen molar-refractivity contribution in [3.63, 3.8) is 0 Å². The van der Waals surface area contributed by atoms with Gasteiger partial charge in [-0.05, 0) is 35.1 Å². The zero-order valence-corrected chi connectivity index (χ0v) is 16.6. The average molecular weight is 399 g/mol. The molecule has 0 aliphatic heterocycles. The van der Waals surface area contributed by atoms with E-state index in [0.29, 0.717) is 52.4 Å². The van der Waals surface area contributed by atoms with Gasteiger partial charge < -0.3 is 24.6 Å². The lowest BCUT2D eigenvalue weighted by Gasteiger charge is -2.14. The van der Waals surface area contributed by atoms with Gasteiger partial charge in [0, 0.05) is 32.3 Å². The normalized spacial score (nSPS) is 12.4. The molecule has 0 atom stereocenters. The molecule has 0 heterocycles. The Balaban J connectivity index is 1.33. The number of rotatable bonds is 12. The molecule has 0 saturated heterocycles. The molecule has 1 aliphatic carbocycles. The van der Waals surface area contributed by atoms with E-state index < -0.39 is 6.09 Å². The molecular formula is C23H29NO5. The van der Waals surface area contributed by atoms with Gasteiger partial charge in [-0.2, -0.15) is 0 Å². The predicted octanol–water partition coefficient (Wildman–Crippen LogP) is 3.33. The van der Waals surface area contributed by atoms with Crippen LogP contribution in [0.4, 0.5) is 4.79 Å². The van der Waals surface area contributed by atoms with Crippen molar-refractivity contribution in [1.29, 1.82) is 0 Å². The first kappa shape index (κ1) is 21.3. The Labute approximate surface area is 171 Å². The summed E-state index contributed by atoms with van der Waals surface area (Å²) in [6, 6.07) is 16.6. The number of fused-ring (bicyclic) bond motifs is 3. The van der Waals surface area contributed by atoms with Gasteiger partial charge in [0.05, 0.1) is 13.2 Å². The zero-order chi connectivity index (χ0) is 20.3. The van der Waals surface area contributed by atoms with Crippen LogP contribution >= 0.6 is 0 Å². The fourth-order valence-electron chi connectivity index (χ4n) is 3.50. The van der Waals surface area contributed by atoms with E-state index in [-0.39, 0.29) is 12.5 Å². The van der Waals surface area contributed by atoms with Gasteiger partial charge in [0.15, 0.2) is 0 Å². The number of aliphatic hydroxyl groups is 1. The Kier molecular flexibility index (Phi) is 8.49. The first-order valence-electron chi connectivity index (χ1n) is 10.2. The number of hydrogen-bond donors (Lipinski definition) is 2. The molecule has 0 bridgehead atoms. The lowest BCUT2D eigenvalue weighted by Crippen LogP contribution is -2.27. The molecule has 0 unspecified atom stereocenters. The predicted molar refractivity (Wildman–Crippen MR) is 111 cm³/mol. The van der Waals surface area contributed by atoms with Crippen molar-refractivity contribution in [2.45, 2.75) is 18.8 Å². The Morgan fingerprint density at radius 1 is 0.862 bits per heavy atom. The summed E-state index contributed by atoms with van der Waals surface area (Å²) >= 11 is 0. The molecule has 0 spiro atoms. The summed E-state index contributed by atoms with van der Waals surface area (Å²) in [5, 5.41) is 11.4. The molecule has 2 aromatic rings. The van der Waals surface area contributed by atoms with E-state index in [0.717, 1.165) is 0 Å². The Morgan fingerprint density at radius 2 is 1.45 bits per heavy atom. The van der Waals surface area contributed by atoms with Gasteiger partial charge in [0.1, 0.15) is 6.61 Å². The quantitative estimate of drug-likeness (QED) is 0.536. The van der Waals surface area contributed by atoms with Crippen LogP contribution in [0.3, 0.4) is 0 Å². The number of amides is 1. The summed E-state index contributed by atoms with van der Waals surface area (Å²) in [5.74, 6) is 0.0716. The minimum absolute atomic E-state index is 0.0716. The highest BCUT2D eigenvalue weighted by Crippen LogP contribution is 2.44. The minimum Gasteiger partial charge on any atom is -0.449 e. The fraction of sp³-hybridized carbons (Fsp3) is 0.435. The number of ether oxygens (including phenoxy) is 3. The van der Waals surface area contributed by atoms with Crippen LogP contribution < -0.4 is 5.32 Å². The van der Waals surface area contributed by atoms with Gasteiger partial charge in [-0.25, -0.2) is 4.79 Å². The highest BCUT2D eigenvalue weighted by Gasteiger charge is 2.28. The number of aliphatic hydroxyl groups excluding tert-OH is 1. The molecule has 0 aromatic heterocycles. The Bertz CT molecular complexity index is 734. The number of carbonyl (C=O) groups excluding carboxylic acids is 1. The lowest BCUT2D eigenvalue weighted by atomic mass is 9.98. The second-order valence-electron chi connectivity index (χ2n) is 6.91. The lowest BCUT2D eigenvalue weighted by molar-refractivity contribution is 0.0418. The van der Waals surface area contributed by atoms with E-state index >= 15 is 0 Å². The van der Waals surface area contributed by atoms with Crippen LogP contribution in [0, 0.1) is 0 Å². The third-order valence-electron chi connectivity index (χ3n) is 4.90. The van der Waals surface area contributed by atoms with E-state index in [4.69, 9.17) is 19.3 Å². The maximum absolute atomic E-state index is 12.0. The highest BCUT2D eigenvalue weighted by atomic mass is 16.5. The summed E-state index contributed by atoms with van der Waals surface area (Å²) in [6.45, 7) is 3.08. The zero-order valence-electron chi connectivity index (χ0n) is 16.6. The van der Waals surface area contributed by atoms with Crippen LogP contribution in [0.25, 0.3) is 11.1 Å². The van der Waals surface area contributed by atoms with Crippen LogP contribution in [0.15, 0.2) is 48.5 Å². The van der Waals surface area contributed by atoms with E-state index in [2.05, 4.69) is 29.6 Å². The van der Waals surface area contributed by atoms with Gasteiger partial charge in [0.2, 0.25) is 0 Å². The Morgan fingerprint density at radius 3 is 2.07 bits per heavy atom. The summed E-state index contributed by atoms with van der Waals surface area (Å²) in [6.07, 6.45) is 0.949. The molecule has 6 nitrogen and oxygen atoms in total. The molecule has 156 valence electrons.